The third kappa shape index (κ3) is 437. The Balaban J connectivity index is -0.000000117. The van der Waals surface area contributed by atoms with Crippen LogP contribution >= 0.6 is 7.82 Å². The highest BCUT2D eigenvalue weighted by Crippen LogP contribution is 2.25. The van der Waals surface area contributed by atoms with Crippen LogP contribution in [0.1, 0.15) is 0 Å². The molecule has 80 valence electrons. The highest BCUT2D eigenvalue weighted by Gasteiger charge is 2.00. The standard InChI is InChI=1S/CH4N2O.CH2O3.H3O4P/c2*2-1(3)4;1-5(2,3)4/h(H4,2,3,4);(H2,2,3,4);(H3,1,2,3,4). The van der Waals surface area contributed by atoms with Gasteiger partial charge in [-0.1, -0.05) is 0 Å². The topological polar surface area (TPSA) is 204 Å². The molecule has 2 amide bonds. The van der Waals surface area contributed by atoms with Gasteiger partial charge in [0.1, 0.15) is 0 Å². The summed E-state index contributed by atoms with van der Waals surface area (Å²) in [4.78, 5) is 39.1. The van der Waals surface area contributed by atoms with Crippen molar-refractivity contribution in [3.63, 3.8) is 0 Å². The molecule has 0 fully saturated rings. The summed E-state index contributed by atoms with van der Waals surface area (Å²) in [5.41, 5.74) is 8.50. The van der Waals surface area contributed by atoms with Gasteiger partial charge >= 0.3 is 20.0 Å². The molecular formula is C2H9N2O8P. The van der Waals surface area contributed by atoms with Crippen LogP contribution in [0.5, 0.6) is 0 Å². The molecule has 0 aromatic heterocycles. The van der Waals surface area contributed by atoms with Gasteiger partial charge in [-0.05, 0) is 0 Å². The van der Waals surface area contributed by atoms with Crippen LogP contribution in [0.15, 0.2) is 0 Å². The lowest BCUT2D eigenvalue weighted by molar-refractivity contribution is 0.137. The molecule has 0 aliphatic carbocycles. The van der Waals surface area contributed by atoms with Gasteiger partial charge in [-0.3, -0.25) is 0 Å². The summed E-state index contributed by atoms with van der Waals surface area (Å²) in [7, 11) is -4.64. The Kier molecular flexibility index (Phi) is 11.9. The van der Waals surface area contributed by atoms with E-state index < -0.39 is 20.0 Å². The molecule has 0 bridgehead atoms. The van der Waals surface area contributed by atoms with E-state index in [0.717, 1.165) is 0 Å². The number of carbonyl (C=O) groups excluding carboxylic acids is 1. The van der Waals surface area contributed by atoms with Crippen LogP contribution in [0.3, 0.4) is 0 Å². The zero-order valence-corrected chi connectivity index (χ0v) is 6.96. The van der Waals surface area contributed by atoms with Gasteiger partial charge in [0.15, 0.2) is 0 Å². The molecular weight excluding hydrogens is 211 g/mol. The van der Waals surface area contributed by atoms with Gasteiger partial charge in [0, 0.05) is 0 Å². The second kappa shape index (κ2) is 8.74. The largest absolute Gasteiger partial charge is 0.503 e. The maximum absolute atomic E-state index is 9.00. The maximum atomic E-state index is 9.00. The van der Waals surface area contributed by atoms with E-state index in [0.29, 0.717) is 0 Å². The second-order valence-corrected chi connectivity index (χ2v) is 2.22. The average Bonchev–Trinajstić information content (AvgIpc) is 1.50. The molecule has 0 aliphatic rings. The number of phosphoric acid groups is 1. The summed E-state index contributed by atoms with van der Waals surface area (Å²) in [6.07, 6.45) is -1.83. The van der Waals surface area contributed by atoms with Gasteiger partial charge < -0.3 is 36.4 Å². The lowest BCUT2D eigenvalue weighted by atomic mass is 11.2. The van der Waals surface area contributed by atoms with Crippen LogP contribution in [0.2, 0.25) is 0 Å². The predicted octanol–water partition coefficient (Wildman–Crippen LogP) is -1.68. The van der Waals surface area contributed by atoms with Crippen LogP contribution in [-0.4, -0.2) is 37.1 Å². The Labute approximate surface area is 71.6 Å². The minimum Gasteiger partial charge on any atom is -0.450 e. The fourth-order valence-corrected chi connectivity index (χ4v) is 0. The summed E-state index contributed by atoms with van der Waals surface area (Å²) in [6.45, 7) is 0. The molecule has 0 saturated heterocycles. The van der Waals surface area contributed by atoms with Gasteiger partial charge in [0.2, 0.25) is 0 Å². The van der Waals surface area contributed by atoms with E-state index in [9.17, 15) is 0 Å². The summed E-state index contributed by atoms with van der Waals surface area (Å²) in [5, 5.41) is 13.9. The molecule has 0 rings (SSSR count). The van der Waals surface area contributed by atoms with Gasteiger partial charge in [-0.15, -0.1) is 0 Å². The lowest BCUT2D eigenvalue weighted by Gasteiger charge is -1.82. The number of carbonyl (C=O) groups is 2. The van der Waals surface area contributed by atoms with Gasteiger partial charge in [0.25, 0.3) is 0 Å². The molecule has 13 heavy (non-hydrogen) atoms. The molecule has 0 heterocycles. The number of urea groups is 1. The Morgan fingerprint density at radius 1 is 1.00 bits per heavy atom. The Morgan fingerprint density at radius 3 is 1.00 bits per heavy atom. The van der Waals surface area contributed by atoms with Gasteiger partial charge in [-0.25, -0.2) is 14.2 Å². The monoisotopic (exact) mass is 220 g/mol. The summed E-state index contributed by atoms with van der Waals surface area (Å²) < 4.78 is 8.88. The zero-order valence-electron chi connectivity index (χ0n) is 6.06. The molecule has 0 aromatic carbocycles. The number of amides is 2. The highest BCUT2D eigenvalue weighted by molar-refractivity contribution is 7.45. The van der Waals surface area contributed by atoms with E-state index in [4.69, 9.17) is 39.0 Å². The minimum atomic E-state index is -4.64. The van der Waals surface area contributed by atoms with Crippen molar-refractivity contribution < 1.29 is 39.0 Å². The fraction of sp³-hybridized carbons (Fsp3) is 0. The van der Waals surface area contributed by atoms with E-state index in [1.165, 1.54) is 0 Å². The number of rotatable bonds is 0. The zero-order chi connectivity index (χ0) is 11.7. The number of hydrogen-bond donors (Lipinski definition) is 7. The lowest BCUT2D eigenvalue weighted by Crippen LogP contribution is -2.18. The Hall–Kier alpha value is -1.35. The maximum Gasteiger partial charge on any atom is 0.503 e. The number of primary amides is 2. The van der Waals surface area contributed by atoms with E-state index in [2.05, 4.69) is 11.5 Å². The van der Waals surface area contributed by atoms with Crippen LogP contribution in [0.4, 0.5) is 9.59 Å². The Bertz CT molecular complexity index is 168. The average molecular weight is 220 g/mol. The van der Waals surface area contributed by atoms with Gasteiger partial charge in [-0.2, -0.15) is 0 Å². The molecule has 0 aromatic rings. The first-order valence-corrected chi connectivity index (χ1v) is 3.78. The van der Waals surface area contributed by atoms with Crippen molar-refractivity contribution in [2.45, 2.75) is 0 Å². The van der Waals surface area contributed by atoms with Crippen LogP contribution in [0, 0.1) is 0 Å². The first-order valence-electron chi connectivity index (χ1n) is 2.22. The molecule has 11 heteroatoms. The number of nitrogens with two attached hydrogens (primary N) is 2. The second-order valence-electron chi connectivity index (χ2n) is 1.20. The Morgan fingerprint density at radius 2 is 1.00 bits per heavy atom. The fourth-order valence-electron chi connectivity index (χ4n) is 0. The number of carboxylic acid groups (broad SMARTS) is 2. The smallest absolute Gasteiger partial charge is 0.450 e. The van der Waals surface area contributed by atoms with Gasteiger partial charge in [0.05, 0.1) is 0 Å². The highest BCUT2D eigenvalue weighted by atomic mass is 31.2. The summed E-state index contributed by atoms with van der Waals surface area (Å²) in [5.74, 6) is 0. The van der Waals surface area contributed by atoms with Crippen molar-refractivity contribution in [1.29, 1.82) is 0 Å². The molecule has 10 nitrogen and oxygen atoms in total. The van der Waals surface area contributed by atoms with Crippen LogP contribution in [0.25, 0.3) is 0 Å². The van der Waals surface area contributed by atoms with Crippen molar-refractivity contribution >= 4 is 20.0 Å². The van der Waals surface area contributed by atoms with Crippen molar-refractivity contribution in [2.24, 2.45) is 11.5 Å². The molecule has 0 radical (unpaired) electrons. The molecule has 0 saturated carbocycles. The van der Waals surface area contributed by atoms with E-state index in [1.54, 1.807) is 0 Å². The van der Waals surface area contributed by atoms with Crippen molar-refractivity contribution in [3.8, 4) is 0 Å². The first-order chi connectivity index (χ1) is 5.46. The molecule has 0 aliphatic heterocycles. The van der Waals surface area contributed by atoms with Crippen molar-refractivity contribution in [2.75, 3.05) is 0 Å². The normalized spacial score (nSPS) is 8.23. The van der Waals surface area contributed by atoms with Crippen molar-refractivity contribution in [1.82, 2.24) is 0 Å². The quantitative estimate of drug-likeness (QED) is 0.234. The van der Waals surface area contributed by atoms with E-state index in [-0.39, 0.29) is 0 Å². The summed E-state index contributed by atoms with van der Waals surface area (Å²) in [6, 6.07) is -0.833. The third-order valence-corrected chi connectivity index (χ3v) is 0. The molecule has 0 spiro atoms. The van der Waals surface area contributed by atoms with Crippen LogP contribution < -0.4 is 11.5 Å². The van der Waals surface area contributed by atoms with E-state index >= 15 is 0 Å². The SMILES string of the molecule is NC(N)=O.O=C(O)O.O=P(O)(O)O. The third-order valence-electron chi connectivity index (χ3n) is 0. The molecule has 9 N–H and O–H groups in total. The van der Waals surface area contributed by atoms with Crippen LogP contribution in [-0.2, 0) is 4.57 Å². The number of hydrogen-bond acceptors (Lipinski definition) is 3. The van der Waals surface area contributed by atoms with E-state index in [1.807, 2.05) is 0 Å². The van der Waals surface area contributed by atoms with Crippen molar-refractivity contribution in [3.05, 3.63) is 0 Å². The molecule has 0 unspecified atom stereocenters. The molecule has 0 atom stereocenters. The minimum absolute atomic E-state index is 0.833. The predicted molar refractivity (Wildman–Crippen MR) is 38.7 cm³/mol. The first kappa shape index (κ1) is 17.7. The summed E-state index contributed by atoms with van der Waals surface area (Å²) >= 11 is 0.